The number of aliphatic imine (C=N–C) groups is 1. The number of guanidine groups is 1. The second kappa shape index (κ2) is 9.98. The zero-order valence-corrected chi connectivity index (χ0v) is 19.6. The zero-order chi connectivity index (χ0) is 22.4. The topological polar surface area (TPSA) is 79.8 Å². The van der Waals surface area contributed by atoms with Crippen LogP contribution < -0.4 is 15.4 Å². The number of rotatable bonds is 8. The molecular formula is C23H33N3O3S. The van der Waals surface area contributed by atoms with E-state index in [9.17, 15) is 8.42 Å². The van der Waals surface area contributed by atoms with E-state index in [-0.39, 0.29) is 5.41 Å². The van der Waals surface area contributed by atoms with Crippen molar-refractivity contribution in [2.24, 2.45) is 4.99 Å². The molecule has 0 aromatic heterocycles. The lowest BCUT2D eigenvalue weighted by Crippen LogP contribution is -2.43. The summed E-state index contributed by atoms with van der Waals surface area (Å²) in [6, 6.07) is 13.5. The summed E-state index contributed by atoms with van der Waals surface area (Å²) in [5, 5.41) is 6.69. The molecule has 0 aliphatic rings. The fourth-order valence-electron chi connectivity index (χ4n) is 3.19. The van der Waals surface area contributed by atoms with Gasteiger partial charge < -0.3 is 15.4 Å². The second-order valence-corrected chi connectivity index (χ2v) is 10.0. The van der Waals surface area contributed by atoms with Crippen molar-refractivity contribution >= 4 is 15.8 Å². The molecule has 164 valence electrons. The Morgan fingerprint density at radius 2 is 1.77 bits per heavy atom. The van der Waals surface area contributed by atoms with Gasteiger partial charge in [0.05, 0.1) is 18.6 Å². The summed E-state index contributed by atoms with van der Waals surface area (Å²) in [6.45, 7) is 10.1. The predicted octanol–water partition coefficient (Wildman–Crippen LogP) is 3.44. The second-order valence-electron chi connectivity index (χ2n) is 8.03. The van der Waals surface area contributed by atoms with Gasteiger partial charge in [0.15, 0.2) is 15.8 Å². The maximum atomic E-state index is 11.8. The summed E-state index contributed by atoms with van der Waals surface area (Å²) in [7, 11) is -1.55. The number of nitrogens with zero attached hydrogens (tertiary/aromatic N) is 1. The van der Waals surface area contributed by atoms with Crippen molar-refractivity contribution in [3.63, 3.8) is 0 Å². The summed E-state index contributed by atoms with van der Waals surface area (Å²) >= 11 is 0. The largest absolute Gasteiger partial charge is 0.497 e. The third kappa shape index (κ3) is 6.49. The maximum absolute atomic E-state index is 11.8. The molecule has 0 aliphatic carbocycles. The van der Waals surface area contributed by atoms with Crippen LogP contribution in [0.4, 0.5) is 0 Å². The molecule has 0 atom stereocenters. The van der Waals surface area contributed by atoms with Crippen LogP contribution in [0.1, 0.15) is 37.5 Å². The molecule has 2 aromatic rings. The highest BCUT2D eigenvalue weighted by Gasteiger charge is 2.21. The lowest BCUT2D eigenvalue weighted by molar-refractivity contribution is 0.414. The number of aryl methyl sites for hydroxylation is 1. The Balaban J connectivity index is 2.09. The predicted molar refractivity (Wildman–Crippen MR) is 123 cm³/mol. The minimum Gasteiger partial charge on any atom is -0.497 e. The quantitative estimate of drug-likeness (QED) is 0.494. The van der Waals surface area contributed by atoms with Crippen LogP contribution in [0, 0.1) is 6.92 Å². The van der Waals surface area contributed by atoms with E-state index in [0.717, 1.165) is 29.4 Å². The van der Waals surface area contributed by atoms with Crippen LogP contribution in [0.15, 0.2) is 52.4 Å². The third-order valence-corrected chi connectivity index (χ3v) is 6.23. The highest BCUT2D eigenvalue weighted by atomic mass is 32.2. The summed E-state index contributed by atoms with van der Waals surface area (Å²) < 4.78 is 28.8. The van der Waals surface area contributed by atoms with E-state index in [1.54, 1.807) is 13.2 Å². The SMILES string of the molecule is CCNC(=NCc1ccc(S(C)(=O)=O)c(C)c1)NCC(C)(C)c1ccc(OC)cc1. The van der Waals surface area contributed by atoms with E-state index >= 15 is 0 Å². The minimum atomic E-state index is -3.21. The first-order chi connectivity index (χ1) is 14.1. The number of benzene rings is 2. The Labute approximate surface area is 180 Å². The first-order valence-electron chi connectivity index (χ1n) is 10.0. The number of ether oxygens (including phenoxy) is 1. The minimum absolute atomic E-state index is 0.101. The smallest absolute Gasteiger partial charge is 0.191 e. The van der Waals surface area contributed by atoms with Crippen molar-refractivity contribution in [3.8, 4) is 5.75 Å². The Kier molecular flexibility index (Phi) is 7.89. The van der Waals surface area contributed by atoms with Gasteiger partial charge in [-0.2, -0.15) is 0 Å². The number of methoxy groups -OCH3 is 1. The number of hydrogen-bond donors (Lipinski definition) is 2. The van der Waals surface area contributed by atoms with Gasteiger partial charge >= 0.3 is 0 Å². The molecule has 0 saturated heterocycles. The van der Waals surface area contributed by atoms with Crippen LogP contribution in [0.5, 0.6) is 5.75 Å². The van der Waals surface area contributed by atoms with Crippen molar-refractivity contribution in [1.29, 1.82) is 0 Å². The molecule has 0 saturated carbocycles. The van der Waals surface area contributed by atoms with E-state index < -0.39 is 9.84 Å². The summed E-state index contributed by atoms with van der Waals surface area (Å²) in [6.07, 6.45) is 1.23. The number of sulfone groups is 1. The molecule has 0 fully saturated rings. The molecule has 2 rings (SSSR count). The standard InChI is InChI=1S/C23H33N3O3S/c1-7-24-22(25-15-18-8-13-21(17(2)14-18)30(6,27)28)26-16-23(3,4)19-9-11-20(29-5)12-10-19/h8-14H,7,15-16H2,1-6H3,(H2,24,25,26). The molecule has 7 heteroatoms. The fraction of sp³-hybridized carbons (Fsp3) is 0.435. The monoisotopic (exact) mass is 431 g/mol. The molecule has 2 aromatic carbocycles. The van der Waals surface area contributed by atoms with Gasteiger partial charge in [0.2, 0.25) is 0 Å². The van der Waals surface area contributed by atoms with Crippen LogP contribution in [-0.2, 0) is 21.8 Å². The third-order valence-electron chi connectivity index (χ3n) is 4.97. The normalized spacial score (nSPS) is 12.5. The highest BCUT2D eigenvalue weighted by molar-refractivity contribution is 7.90. The summed E-state index contributed by atoms with van der Waals surface area (Å²) in [5.74, 6) is 1.57. The first kappa shape index (κ1) is 23.7. The van der Waals surface area contributed by atoms with E-state index in [4.69, 9.17) is 4.74 Å². The fourth-order valence-corrected chi connectivity index (χ4v) is 4.15. The zero-order valence-electron chi connectivity index (χ0n) is 18.7. The van der Waals surface area contributed by atoms with Gasteiger partial charge in [-0.05, 0) is 48.7 Å². The maximum Gasteiger partial charge on any atom is 0.191 e. The molecule has 0 spiro atoms. The highest BCUT2D eigenvalue weighted by Crippen LogP contribution is 2.24. The Morgan fingerprint density at radius 1 is 1.10 bits per heavy atom. The van der Waals surface area contributed by atoms with Crippen molar-refractivity contribution < 1.29 is 13.2 Å². The molecule has 0 aliphatic heterocycles. The molecule has 0 amide bonds. The van der Waals surface area contributed by atoms with Crippen LogP contribution in [-0.4, -0.2) is 40.8 Å². The lowest BCUT2D eigenvalue weighted by atomic mass is 9.84. The van der Waals surface area contributed by atoms with Gasteiger partial charge in [0.25, 0.3) is 0 Å². The molecule has 0 bridgehead atoms. The van der Waals surface area contributed by atoms with Crippen LogP contribution in [0.2, 0.25) is 0 Å². The van der Waals surface area contributed by atoms with Crippen molar-refractivity contribution in [2.75, 3.05) is 26.5 Å². The Hall–Kier alpha value is -2.54. The number of hydrogen-bond acceptors (Lipinski definition) is 4. The van der Waals surface area contributed by atoms with E-state index in [1.165, 1.54) is 11.8 Å². The van der Waals surface area contributed by atoms with Crippen molar-refractivity contribution in [3.05, 3.63) is 59.2 Å². The molecule has 0 unspecified atom stereocenters. The average molecular weight is 432 g/mol. The molecule has 6 nitrogen and oxygen atoms in total. The van der Waals surface area contributed by atoms with Crippen LogP contribution in [0.25, 0.3) is 0 Å². The Bertz CT molecular complexity index is 981. The molecule has 2 N–H and O–H groups in total. The number of nitrogens with one attached hydrogen (secondary N) is 2. The van der Waals surface area contributed by atoms with E-state index in [0.29, 0.717) is 18.0 Å². The lowest BCUT2D eigenvalue weighted by Gasteiger charge is -2.27. The van der Waals surface area contributed by atoms with E-state index in [1.807, 2.05) is 38.1 Å². The van der Waals surface area contributed by atoms with Crippen LogP contribution in [0.3, 0.4) is 0 Å². The molecule has 30 heavy (non-hydrogen) atoms. The molecule has 0 radical (unpaired) electrons. The summed E-state index contributed by atoms with van der Waals surface area (Å²) in [4.78, 5) is 5.03. The van der Waals surface area contributed by atoms with Gasteiger partial charge in [0.1, 0.15) is 5.75 Å². The molecule has 0 heterocycles. The van der Waals surface area contributed by atoms with Gasteiger partial charge in [-0.15, -0.1) is 0 Å². The van der Waals surface area contributed by atoms with Crippen molar-refractivity contribution in [2.45, 2.75) is 44.6 Å². The van der Waals surface area contributed by atoms with Gasteiger partial charge in [0, 0.05) is 24.8 Å². The van der Waals surface area contributed by atoms with E-state index in [2.05, 4.69) is 41.6 Å². The molecular weight excluding hydrogens is 398 g/mol. The van der Waals surface area contributed by atoms with Crippen molar-refractivity contribution in [1.82, 2.24) is 10.6 Å². The van der Waals surface area contributed by atoms with Crippen LogP contribution >= 0.6 is 0 Å². The van der Waals surface area contributed by atoms with Gasteiger partial charge in [-0.1, -0.05) is 38.1 Å². The first-order valence-corrected chi connectivity index (χ1v) is 11.9. The average Bonchev–Trinajstić information content (AvgIpc) is 2.69. The summed E-state index contributed by atoms with van der Waals surface area (Å²) in [5.41, 5.74) is 2.81. The van der Waals surface area contributed by atoms with Gasteiger partial charge in [-0.3, -0.25) is 0 Å². The van der Waals surface area contributed by atoms with Gasteiger partial charge in [-0.25, -0.2) is 13.4 Å². The Morgan fingerprint density at radius 3 is 2.30 bits per heavy atom.